The van der Waals surface area contributed by atoms with Crippen LogP contribution in [0, 0.1) is 11.3 Å². The molecular formula is C18H28N4O. The number of aromatic nitrogens is 2. The quantitative estimate of drug-likeness (QED) is 0.849. The monoisotopic (exact) mass is 316 g/mol. The van der Waals surface area contributed by atoms with Crippen molar-refractivity contribution >= 4 is 5.82 Å². The Morgan fingerprint density at radius 1 is 1.26 bits per heavy atom. The molecule has 4 rings (SSSR count). The van der Waals surface area contributed by atoms with Crippen LogP contribution < -0.4 is 4.90 Å². The molecule has 0 saturated carbocycles. The zero-order valence-electron chi connectivity index (χ0n) is 14.2. The average Bonchev–Trinajstić information content (AvgIpc) is 3.12. The third-order valence-corrected chi connectivity index (χ3v) is 5.90. The predicted molar refractivity (Wildman–Crippen MR) is 90.7 cm³/mol. The largest absolute Gasteiger partial charge is 0.380 e. The maximum absolute atomic E-state index is 5.90. The van der Waals surface area contributed by atoms with Gasteiger partial charge in [0, 0.05) is 42.7 Å². The summed E-state index contributed by atoms with van der Waals surface area (Å²) < 4.78 is 5.90. The molecule has 3 aliphatic heterocycles. The van der Waals surface area contributed by atoms with E-state index in [1.54, 1.807) is 6.33 Å². The topological polar surface area (TPSA) is 41.5 Å². The van der Waals surface area contributed by atoms with Crippen molar-refractivity contribution < 1.29 is 4.74 Å². The molecule has 4 heterocycles. The molecule has 0 radical (unpaired) electrons. The maximum Gasteiger partial charge on any atom is 0.132 e. The number of hydrogen-bond donors (Lipinski definition) is 0. The van der Waals surface area contributed by atoms with E-state index >= 15 is 0 Å². The van der Waals surface area contributed by atoms with Gasteiger partial charge in [0.05, 0.1) is 13.2 Å². The molecule has 1 aromatic heterocycles. The van der Waals surface area contributed by atoms with Crippen LogP contribution in [-0.4, -0.2) is 60.8 Å². The van der Waals surface area contributed by atoms with E-state index in [1.165, 1.54) is 38.9 Å². The first-order valence-electron chi connectivity index (χ1n) is 9.15. The molecule has 3 aliphatic rings. The van der Waals surface area contributed by atoms with Gasteiger partial charge in [0.15, 0.2) is 0 Å². The molecule has 3 fully saturated rings. The second kappa shape index (κ2) is 6.36. The first-order valence-corrected chi connectivity index (χ1v) is 9.15. The Morgan fingerprint density at radius 3 is 2.96 bits per heavy atom. The van der Waals surface area contributed by atoms with Crippen molar-refractivity contribution in [3.8, 4) is 0 Å². The lowest BCUT2D eigenvalue weighted by molar-refractivity contribution is 0.104. The van der Waals surface area contributed by atoms with Crippen LogP contribution in [0.3, 0.4) is 0 Å². The molecule has 1 aromatic rings. The van der Waals surface area contributed by atoms with Crippen LogP contribution in [0.15, 0.2) is 12.4 Å². The van der Waals surface area contributed by atoms with Gasteiger partial charge in [-0.25, -0.2) is 9.97 Å². The van der Waals surface area contributed by atoms with E-state index in [0.29, 0.717) is 11.3 Å². The molecule has 0 aliphatic carbocycles. The molecule has 0 spiro atoms. The lowest BCUT2D eigenvalue weighted by Gasteiger charge is -2.36. The van der Waals surface area contributed by atoms with E-state index in [9.17, 15) is 0 Å². The summed E-state index contributed by atoms with van der Waals surface area (Å²) in [6, 6.07) is 2.16. The summed E-state index contributed by atoms with van der Waals surface area (Å²) in [5, 5.41) is 0. The molecule has 5 nitrogen and oxygen atoms in total. The number of anilines is 1. The van der Waals surface area contributed by atoms with Gasteiger partial charge >= 0.3 is 0 Å². The van der Waals surface area contributed by atoms with Gasteiger partial charge in [0.25, 0.3) is 0 Å². The molecule has 23 heavy (non-hydrogen) atoms. The van der Waals surface area contributed by atoms with Crippen molar-refractivity contribution in [1.82, 2.24) is 14.9 Å². The zero-order valence-corrected chi connectivity index (χ0v) is 14.2. The summed E-state index contributed by atoms with van der Waals surface area (Å²) in [5.41, 5.74) is 1.43. The van der Waals surface area contributed by atoms with Crippen molar-refractivity contribution in [3.63, 3.8) is 0 Å². The highest BCUT2D eigenvalue weighted by Crippen LogP contribution is 2.43. The van der Waals surface area contributed by atoms with Gasteiger partial charge < -0.3 is 14.5 Å². The second-order valence-corrected chi connectivity index (χ2v) is 7.51. The van der Waals surface area contributed by atoms with Gasteiger partial charge in [-0.3, -0.25) is 0 Å². The Hall–Kier alpha value is -1.20. The highest BCUT2D eigenvalue weighted by Gasteiger charge is 2.51. The minimum absolute atomic E-state index is 0.300. The molecule has 5 heteroatoms. The first kappa shape index (κ1) is 15.3. The fraction of sp³-hybridized carbons (Fsp3) is 0.778. The van der Waals surface area contributed by atoms with Crippen LogP contribution in [0.4, 0.5) is 5.82 Å². The molecule has 2 atom stereocenters. The van der Waals surface area contributed by atoms with E-state index in [2.05, 4.69) is 32.8 Å². The van der Waals surface area contributed by atoms with Crippen LogP contribution in [0.5, 0.6) is 0 Å². The number of nitrogens with zero attached hydrogens (tertiary/aromatic N) is 4. The summed E-state index contributed by atoms with van der Waals surface area (Å²) in [4.78, 5) is 14.0. The van der Waals surface area contributed by atoms with Crippen LogP contribution in [0.2, 0.25) is 0 Å². The van der Waals surface area contributed by atoms with Crippen molar-refractivity contribution in [2.24, 2.45) is 11.3 Å². The maximum atomic E-state index is 5.90. The van der Waals surface area contributed by atoms with Crippen LogP contribution >= 0.6 is 0 Å². The van der Waals surface area contributed by atoms with Crippen molar-refractivity contribution in [2.75, 3.05) is 50.8 Å². The Morgan fingerprint density at radius 2 is 2.13 bits per heavy atom. The summed E-state index contributed by atoms with van der Waals surface area (Å²) in [7, 11) is 0. The molecule has 0 unspecified atom stereocenters. The van der Waals surface area contributed by atoms with Crippen LogP contribution in [0.1, 0.15) is 31.9 Å². The Balaban J connectivity index is 1.50. The lowest BCUT2D eigenvalue weighted by atomic mass is 9.80. The van der Waals surface area contributed by atoms with Crippen LogP contribution in [0.25, 0.3) is 0 Å². The van der Waals surface area contributed by atoms with Gasteiger partial charge in [-0.05, 0) is 32.4 Å². The van der Waals surface area contributed by atoms with Gasteiger partial charge in [-0.15, -0.1) is 0 Å². The molecule has 126 valence electrons. The number of piperidine rings is 1. The Labute approximate surface area is 139 Å². The minimum Gasteiger partial charge on any atom is -0.380 e. The highest BCUT2D eigenvalue weighted by molar-refractivity contribution is 5.42. The average molecular weight is 316 g/mol. The number of aryl methyl sites for hydroxylation is 1. The molecule has 0 aromatic carbocycles. The predicted octanol–water partition coefficient (Wildman–Crippen LogP) is 1.98. The van der Waals surface area contributed by atoms with Crippen LogP contribution in [-0.2, 0) is 11.2 Å². The molecule has 0 bridgehead atoms. The number of fused-ring (bicyclic) bond motifs is 1. The number of ether oxygens (including phenoxy) is 1. The summed E-state index contributed by atoms with van der Waals surface area (Å²) in [6.07, 6.45) is 6.80. The fourth-order valence-corrected chi connectivity index (χ4v) is 4.54. The number of likely N-dealkylation sites (tertiary alicyclic amines) is 1. The third-order valence-electron chi connectivity index (χ3n) is 5.90. The van der Waals surface area contributed by atoms with Crippen molar-refractivity contribution in [1.29, 1.82) is 0 Å². The Kier molecular flexibility index (Phi) is 4.24. The normalized spacial score (nSPS) is 31.5. The van der Waals surface area contributed by atoms with Crippen molar-refractivity contribution in [3.05, 3.63) is 18.1 Å². The minimum atomic E-state index is 0.300. The third kappa shape index (κ3) is 2.96. The number of hydrogen-bond acceptors (Lipinski definition) is 5. The molecular weight excluding hydrogens is 288 g/mol. The van der Waals surface area contributed by atoms with Crippen molar-refractivity contribution in [2.45, 2.75) is 32.6 Å². The van der Waals surface area contributed by atoms with Gasteiger partial charge in [-0.1, -0.05) is 13.3 Å². The summed E-state index contributed by atoms with van der Waals surface area (Å²) in [5.74, 6) is 1.74. The van der Waals surface area contributed by atoms with E-state index in [1.807, 2.05) is 0 Å². The number of rotatable bonds is 4. The highest BCUT2D eigenvalue weighted by atomic mass is 16.5. The van der Waals surface area contributed by atoms with E-state index in [0.717, 1.165) is 44.2 Å². The van der Waals surface area contributed by atoms with E-state index in [-0.39, 0.29) is 0 Å². The zero-order chi connectivity index (χ0) is 15.7. The summed E-state index contributed by atoms with van der Waals surface area (Å²) in [6.45, 7) is 9.86. The Bertz CT molecular complexity index is 546. The van der Waals surface area contributed by atoms with E-state index < -0.39 is 0 Å². The lowest BCUT2D eigenvalue weighted by Crippen LogP contribution is -2.45. The van der Waals surface area contributed by atoms with Gasteiger partial charge in [0.2, 0.25) is 0 Å². The van der Waals surface area contributed by atoms with Gasteiger partial charge in [-0.2, -0.15) is 0 Å². The second-order valence-electron chi connectivity index (χ2n) is 7.51. The molecule has 3 saturated heterocycles. The van der Waals surface area contributed by atoms with E-state index in [4.69, 9.17) is 4.74 Å². The molecule has 0 N–H and O–H groups in total. The first-order chi connectivity index (χ1) is 11.3. The fourth-order valence-electron chi connectivity index (χ4n) is 4.54. The van der Waals surface area contributed by atoms with Gasteiger partial charge in [0.1, 0.15) is 12.1 Å². The SMILES string of the molecule is CCc1cc(N2C[C@@H]3COC[C@]3(CN3CCCCC3)C2)ncn1. The standard InChI is InChI=1S/C18H28N4O/c1-2-16-8-17(20-14-19-16)22-9-15-10-23-13-18(15,12-22)11-21-6-4-3-5-7-21/h8,14-15H,2-7,9-13H2,1H3/t15-,18+/m1/s1. The summed E-state index contributed by atoms with van der Waals surface area (Å²) >= 11 is 0. The smallest absolute Gasteiger partial charge is 0.132 e. The molecule has 0 amide bonds.